The van der Waals surface area contributed by atoms with Crippen LogP contribution in [0.2, 0.25) is 0 Å². The van der Waals surface area contributed by atoms with Crippen molar-refractivity contribution in [3.05, 3.63) is 89.7 Å². The number of nitrogens with zero attached hydrogens (tertiary/aromatic N) is 1. The quantitative estimate of drug-likeness (QED) is 0.427. The Bertz CT molecular complexity index is 873. The normalized spacial score (nSPS) is 10.3. The standard InChI is InChI=1S/C20H16N2O3/c23-19(18-2-1-11-21-13-18)12-14-3-5-15(6-4-14)16-7-9-17(10-8-16)20(24)22-25/h1-11,13,25H,12H2,(H,22,24). The van der Waals surface area contributed by atoms with Crippen molar-refractivity contribution in [3.8, 4) is 11.1 Å². The molecular weight excluding hydrogens is 316 g/mol. The lowest BCUT2D eigenvalue weighted by atomic mass is 9.99. The number of nitrogens with one attached hydrogen (secondary N) is 1. The lowest BCUT2D eigenvalue weighted by Gasteiger charge is -2.06. The number of hydrogen-bond donors (Lipinski definition) is 2. The molecule has 0 aliphatic heterocycles. The van der Waals surface area contributed by atoms with E-state index in [2.05, 4.69) is 4.98 Å². The summed E-state index contributed by atoms with van der Waals surface area (Å²) in [6, 6.07) is 18.1. The summed E-state index contributed by atoms with van der Waals surface area (Å²) in [6.45, 7) is 0. The number of carbonyl (C=O) groups excluding carboxylic acids is 2. The monoisotopic (exact) mass is 332 g/mol. The molecule has 0 unspecified atom stereocenters. The van der Waals surface area contributed by atoms with E-state index in [4.69, 9.17) is 5.21 Å². The Morgan fingerprint density at radius 1 is 0.880 bits per heavy atom. The maximum Gasteiger partial charge on any atom is 0.274 e. The largest absolute Gasteiger partial charge is 0.294 e. The zero-order valence-electron chi connectivity index (χ0n) is 13.3. The first-order valence-electron chi connectivity index (χ1n) is 7.74. The first kappa shape index (κ1) is 16.5. The van der Waals surface area contributed by atoms with Crippen molar-refractivity contribution in [2.24, 2.45) is 0 Å². The number of aromatic nitrogens is 1. The zero-order chi connectivity index (χ0) is 17.6. The van der Waals surface area contributed by atoms with E-state index in [9.17, 15) is 9.59 Å². The molecule has 2 aromatic carbocycles. The summed E-state index contributed by atoms with van der Waals surface area (Å²) in [5, 5.41) is 8.63. The Labute approximate surface area is 144 Å². The van der Waals surface area contributed by atoms with Crippen molar-refractivity contribution in [1.29, 1.82) is 0 Å². The Kier molecular flexibility index (Phi) is 4.97. The first-order valence-corrected chi connectivity index (χ1v) is 7.74. The average Bonchev–Trinajstić information content (AvgIpc) is 2.69. The molecule has 1 amide bonds. The number of amides is 1. The van der Waals surface area contributed by atoms with Crippen LogP contribution in [0.4, 0.5) is 0 Å². The van der Waals surface area contributed by atoms with Gasteiger partial charge in [-0.15, -0.1) is 0 Å². The fraction of sp³-hybridized carbons (Fsp3) is 0.0500. The van der Waals surface area contributed by atoms with Crippen LogP contribution in [-0.4, -0.2) is 21.9 Å². The number of ketones is 1. The predicted octanol–water partition coefficient (Wildman–Crippen LogP) is 3.29. The minimum absolute atomic E-state index is 0.0280. The van der Waals surface area contributed by atoms with Crippen LogP contribution in [0.3, 0.4) is 0 Å². The summed E-state index contributed by atoms with van der Waals surface area (Å²) in [5.41, 5.74) is 5.43. The van der Waals surface area contributed by atoms with E-state index in [-0.39, 0.29) is 5.78 Å². The van der Waals surface area contributed by atoms with Crippen LogP contribution in [0.5, 0.6) is 0 Å². The van der Waals surface area contributed by atoms with E-state index in [1.54, 1.807) is 54.3 Å². The molecule has 124 valence electrons. The molecule has 25 heavy (non-hydrogen) atoms. The molecule has 0 fully saturated rings. The number of pyridine rings is 1. The van der Waals surface area contributed by atoms with E-state index in [0.29, 0.717) is 17.5 Å². The first-order chi connectivity index (χ1) is 12.2. The molecule has 0 spiro atoms. The summed E-state index contributed by atoms with van der Waals surface area (Å²) in [6.07, 6.45) is 3.53. The smallest absolute Gasteiger partial charge is 0.274 e. The molecule has 1 aromatic heterocycles. The van der Waals surface area contributed by atoms with Crippen LogP contribution in [0.25, 0.3) is 11.1 Å². The van der Waals surface area contributed by atoms with Crippen LogP contribution in [-0.2, 0) is 6.42 Å². The minimum atomic E-state index is -0.546. The molecule has 0 radical (unpaired) electrons. The Morgan fingerprint density at radius 3 is 2.08 bits per heavy atom. The van der Waals surface area contributed by atoms with Crippen molar-refractivity contribution in [3.63, 3.8) is 0 Å². The third-order valence-electron chi connectivity index (χ3n) is 3.88. The molecule has 0 saturated heterocycles. The number of rotatable bonds is 5. The van der Waals surface area contributed by atoms with Gasteiger partial charge in [0.1, 0.15) is 0 Å². The van der Waals surface area contributed by atoms with Gasteiger partial charge >= 0.3 is 0 Å². The maximum absolute atomic E-state index is 12.2. The van der Waals surface area contributed by atoms with Crippen molar-refractivity contribution >= 4 is 11.7 Å². The lowest BCUT2D eigenvalue weighted by Crippen LogP contribution is -2.18. The van der Waals surface area contributed by atoms with Crippen molar-refractivity contribution in [2.45, 2.75) is 6.42 Å². The van der Waals surface area contributed by atoms with Crippen molar-refractivity contribution in [1.82, 2.24) is 10.5 Å². The van der Waals surface area contributed by atoms with Crippen molar-refractivity contribution < 1.29 is 14.8 Å². The average molecular weight is 332 g/mol. The third kappa shape index (κ3) is 3.97. The minimum Gasteiger partial charge on any atom is -0.294 e. The van der Waals surface area contributed by atoms with E-state index in [1.165, 1.54) is 0 Å². The van der Waals surface area contributed by atoms with Gasteiger partial charge in [0.2, 0.25) is 0 Å². The molecule has 0 bridgehead atoms. The number of hydrogen-bond acceptors (Lipinski definition) is 4. The molecule has 3 aromatic rings. The summed E-state index contributed by atoms with van der Waals surface area (Å²) in [5.74, 6) is -0.518. The summed E-state index contributed by atoms with van der Waals surface area (Å²) >= 11 is 0. The highest BCUT2D eigenvalue weighted by Gasteiger charge is 2.08. The second-order valence-electron chi connectivity index (χ2n) is 5.56. The molecule has 1 heterocycles. The van der Waals surface area contributed by atoms with Gasteiger partial charge in [0.05, 0.1) is 0 Å². The molecular formula is C20H16N2O3. The second-order valence-corrected chi connectivity index (χ2v) is 5.56. The van der Waals surface area contributed by atoms with Gasteiger partial charge in [-0.2, -0.15) is 0 Å². The highest BCUT2D eigenvalue weighted by atomic mass is 16.5. The van der Waals surface area contributed by atoms with Gasteiger partial charge in [-0.1, -0.05) is 36.4 Å². The molecule has 0 aliphatic carbocycles. The van der Waals surface area contributed by atoms with Crippen LogP contribution in [0.1, 0.15) is 26.3 Å². The van der Waals surface area contributed by atoms with E-state index < -0.39 is 5.91 Å². The van der Waals surface area contributed by atoms with Gasteiger partial charge < -0.3 is 0 Å². The Morgan fingerprint density at radius 2 is 1.52 bits per heavy atom. The van der Waals surface area contributed by atoms with Gasteiger partial charge in [0.25, 0.3) is 5.91 Å². The van der Waals surface area contributed by atoms with Gasteiger partial charge in [-0.3, -0.25) is 19.8 Å². The fourth-order valence-electron chi connectivity index (χ4n) is 2.51. The van der Waals surface area contributed by atoms with Gasteiger partial charge in [0, 0.05) is 29.9 Å². The van der Waals surface area contributed by atoms with Gasteiger partial charge in [-0.25, -0.2) is 5.48 Å². The second kappa shape index (κ2) is 7.51. The molecule has 0 saturated carbocycles. The van der Waals surface area contributed by atoms with Crippen LogP contribution in [0, 0.1) is 0 Å². The highest BCUT2D eigenvalue weighted by molar-refractivity contribution is 5.97. The number of carbonyl (C=O) groups is 2. The van der Waals surface area contributed by atoms with Crippen molar-refractivity contribution in [2.75, 3.05) is 0 Å². The summed E-state index contributed by atoms with van der Waals surface area (Å²) in [4.78, 5) is 27.5. The van der Waals surface area contributed by atoms with Crippen LogP contribution in [0.15, 0.2) is 73.1 Å². The van der Waals surface area contributed by atoms with E-state index >= 15 is 0 Å². The number of Topliss-reactive ketones (excluding diaryl/α,β-unsaturated/α-hetero) is 1. The molecule has 5 nitrogen and oxygen atoms in total. The molecule has 5 heteroatoms. The number of benzene rings is 2. The van der Waals surface area contributed by atoms with Crippen LogP contribution < -0.4 is 5.48 Å². The summed E-state index contributed by atoms with van der Waals surface area (Å²) in [7, 11) is 0. The molecule has 3 rings (SSSR count). The highest BCUT2D eigenvalue weighted by Crippen LogP contribution is 2.21. The van der Waals surface area contributed by atoms with Gasteiger partial charge in [-0.05, 0) is 41.0 Å². The fourth-order valence-corrected chi connectivity index (χ4v) is 2.51. The van der Waals surface area contributed by atoms with E-state index in [1.807, 2.05) is 24.3 Å². The predicted molar refractivity (Wildman–Crippen MR) is 93.4 cm³/mol. The molecule has 0 aliphatic rings. The van der Waals surface area contributed by atoms with Gasteiger partial charge in [0.15, 0.2) is 5.78 Å². The Balaban J connectivity index is 1.72. The topological polar surface area (TPSA) is 79.3 Å². The lowest BCUT2D eigenvalue weighted by molar-refractivity contribution is 0.0706. The maximum atomic E-state index is 12.2. The molecule has 0 atom stereocenters. The zero-order valence-corrected chi connectivity index (χ0v) is 13.3. The third-order valence-corrected chi connectivity index (χ3v) is 3.88. The summed E-state index contributed by atoms with van der Waals surface area (Å²) < 4.78 is 0. The number of hydroxylamine groups is 1. The SMILES string of the molecule is O=C(Cc1ccc(-c2ccc(C(=O)NO)cc2)cc1)c1cccnc1. The van der Waals surface area contributed by atoms with Crippen LogP contribution >= 0.6 is 0 Å². The Hall–Kier alpha value is -3.31. The van der Waals surface area contributed by atoms with E-state index in [0.717, 1.165) is 16.7 Å². The molecule has 2 N–H and O–H groups in total.